The average Bonchev–Trinajstić information content (AvgIpc) is 2.39. The van der Waals surface area contributed by atoms with E-state index in [2.05, 4.69) is 15.9 Å². The smallest absolute Gasteiger partial charge is 0.270 e. The third kappa shape index (κ3) is 3.01. The molecule has 19 heavy (non-hydrogen) atoms. The molecule has 0 unspecified atom stereocenters. The van der Waals surface area contributed by atoms with Crippen LogP contribution in [-0.4, -0.2) is 28.8 Å². The van der Waals surface area contributed by atoms with Crippen LogP contribution < -0.4 is 0 Å². The minimum Gasteiger partial charge on any atom is -0.335 e. The van der Waals surface area contributed by atoms with Crippen LogP contribution in [0.2, 0.25) is 0 Å². The van der Waals surface area contributed by atoms with E-state index in [0.717, 1.165) is 6.42 Å². The molecule has 1 heterocycles. The van der Waals surface area contributed by atoms with Gasteiger partial charge in [-0.2, -0.15) is 0 Å². The third-order valence-electron chi connectivity index (χ3n) is 3.11. The van der Waals surface area contributed by atoms with Crippen molar-refractivity contribution in [1.82, 2.24) is 4.90 Å². The van der Waals surface area contributed by atoms with E-state index in [1.807, 2.05) is 13.0 Å². The Balaban J connectivity index is 2.28. The summed E-state index contributed by atoms with van der Waals surface area (Å²) in [6, 6.07) is 4.23. The number of carbonyl (C=O) groups excluding carboxylic acids is 1. The van der Waals surface area contributed by atoms with E-state index in [1.165, 1.54) is 23.8 Å². The molecular weight excluding hydrogens is 312 g/mol. The van der Waals surface area contributed by atoms with E-state index in [0.29, 0.717) is 23.1 Å². The van der Waals surface area contributed by atoms with Gasteiger partial charge >= 0.3 is 0 Å². The molecule has 0 N–H and O–H groups in total. The summed E-state index contributed by atoms with van der Waals surface area (Å²) in [6.07, 6.45) is 2.85. The highest BCUT2D eigenvalue weighted by molar-refractivity contribution is 9.10. The molecular formula is C13H13BrN2O3. The fourth-order valence-corrected chi connectivity index (χ4v) is 2.33. The molecule has 5 nitrogen and oxygen atoms in total. The molecule has 6 heteroatoms. The fourth-order valence-electron chi connectivity index (χ4n) is 1.92. The maximum atomic E-state index is 12.3. The number of halogens is 1. The molecule has 1 amide bonds. The van der Waals surface area contributed by atoms with Gasteiger partial charge in [0.05, 0.1) is 10.5 Å². The first-order valence-electron chi connectivity index (χ1n) is 5.88. The quantitative estimate of drug-likeness (QED) is 0.477. The van der Waals surface area contributed by atoms with Crippen LogP contribution in [-0.2, 0) is 0 Å². The summed E-state index contributed by atoms with van der Waals surface area (Å²) in [6.45, 7) is 3.24. The highest BCUT2D eigenvalue weighted by atomic mass is 79.9. The van der Waals surface area contributed by atoms with Crippen molar-refractivity contribution < 1.29 is 9.72 Å². The number of amides is 1. The van der Waals surface area contributed by atoms with Crippen molar-refractivity contribution in [1.29, 1.82) is 0 Å². The highest BCUT2D eigenvalue weighted by Gasteiger charge is 2.21. The lowest BCUT2D eigenvalue weighted by Gasteiger charge is -2.25. The number of nitrogens with zero attached hydrogens (tertiary/aromatic N) is 2. The van der Waals surface area contributed by atoms with Crippen LogP contribution in [0.1, 0.15) is 23.7 Å². The SMILES string of the molecule is CC1=CCN(C(=O)c2cc([N+](=O)[O-])ccc2Br)CC1. The maximum Gasteiger partial charge on any atom is 0.270 e. The molecule has 1 aromatic carbocycles. The predicted molar refractivity (Wildman–Crippen MR) is 75.1 cm³/mol. The number of benzene rings is 1. The fraction of sp³-hybridized carbons (Fsp3) is 0.308. The lowest BCUT2D eigenvalue weighted by atomic mass is 10.1. The topological polar surface area (TPSA) is 63.5 Å². The van der Waals surface area contributed by atoms with Gasteiger partial charge in [0.15, 0.2) is 0 Å². The third-order valence-corrected chi connectivity index (χ3v) is 3.81. The van der Waals surface area contributed by atoms with Crippen LogP contribution in [0.15, 0.2) is 34.3 Å². The van der Waals surface area contributed by atoms with Gasteiger partial charge in [0, 0.05) is 29.7 Å². The molecule has 0 fully saturated rings. The Labute approximate surface area is 119 Å². The zero-order valence-electron chi connectivity index (χ0n) is 10.4. The molecule has 1 aliphatic heterocycles. The van der Waals surface area contributed by atoms with Crippen LogP contribution in [0.4, 0.5) is 5.69 Å². The standard InChI is InChI=1S/C13H13BrN2O3/c1-9-4-6-15(7-5-9)13(17)11-8-10(16(18)19)2-3-12(11)14/h2-4,8H,5-7H2,1H3. The molecule has 0 bridgehead atoms. The monoisotopic (exact) mass is 324 g/mol. The number of rotatable bonds is 2. The molecule has 1 aromatic rings. The summed E-state index contributed by atoms with van der Waals surface area (Å²) in [7, 11) is 0. The Morgan fingerprint density at radius 2 is 2.21 bits per heavy atom. The van der Waals surface area contributed by atoms with Crippen molar-refractivity contribution in [2.45, 2.75) is 13.3 Å². The van der Waals surface area contributed by atoms with E-state index in [4.69, 9.17) is 0 Å². The second-order valence-corrected chi connectivity index (χ2v) is 5.33. The van der Waals surface area contributed by atoms with Gasteiger partial charge in [0.1, 0.15) is 0 Å². The normalized spacial score (nSPS) is 15.1. The summed E-state index contributed by atoms with van der Waals surface area (Å²) in [5, 5.41) is 10.8. The van der Waals surface area contributed by atoms with Gasteiger partial charge in [0.25, 0.3) is 11.6 Å². The zero-order chi connectivity index (χ0) is 14.0. The summed E-state index contributed by atoms with van der Waals surface area (Å²) >= 11 is 3.27. The lowest BCUT2D eigenvalue weighted by molar-refractivity contribution is -0.384. The van der Waals surface area contributed by atoms with Gasteiger partial charge in [-0.3, -0.25) is 14.9 Å². The van der Waals surface area contributed by atoms with Crippen molar-refractivity contribution in [3.63, 3.8) is 0 Å². The average molecular weight is 325 g/mol. The van der Waals surface area contributed by atoms with Gasteiger partial charge < -0.3 is 4.90 Å². The van der Waals surface area contributed by atoms with Gasteiger partial charge in [-0.15, -0.1) is 0 Å². The first-order valence-corrected chi connectivity index (χ1v) is 6.67. The minimum atomic E-state index is -0.497. The lowest BCUT2D eigenvalue weighted by Crippen LogP contribution is -2.34. The van der Waals surface area contributed by atoms with Gasteiger partial charge in [0.2, 0.25) is 0 Å². The van der Waals surface area contributed by atoms with Gasteiger partial charge in [-0.25, -0.2) is 0 Å². The van der Waals surface area contributed by atoms with Gasteiger partial charge in [-0.1, -0.05) is 11.6 Å². The Morgan fingerprint density at radius 1 is 1.47 bits per heavy atom. The van der Waals surface area contributed by atoms with E-state index in [1.54, 1.807) is 4.90 Å². The number of non-ortho nitro benzene ring substituents is 1. The molecule has 0 radical (unpaired) electrons. The van der Waals surface area contributed by atoms with Crippen LogP contribution in [0.3, 0.4) is 0 Å². The number of nitro groups is 1. The van der Waals surface area contributed by atoms with Crippen molar-refractivity contribution in [3.8, 4) is 0 Å². The molecule has 0 saturated heterocycles. The van der Waals surface area contributed by atoms with E-state index in [9.17, 15) is 14.9 Å². The molecule has 100 valence electrons. The molecule has 2 rings (SSSR count). The largest absolute Gasteiger partial charge is 0.335 e. The highest BCUT2D eigenvalue weighted by Crippen LogP contribution is 2.24. The van der Waals surface area contributed by atoms with Crippen LogP contribution in [0.5, 0.6) is 0 Å². The second kappa shape index (κ2) is 5.52. The molecule has 0 atom stereocenters. The summed E-state index contributed by atoms with van der Waals surface area (Å²) in [4.78, 5) is 24.3. The van der Waals surface area contributed by atoms with Crippen molar-refractivity contribution in [2.24, 2.45) is 0 Å². The van der Waals surface area contributed by atoms with Crippen molar-refractivity contribution >= 4 is 27.5 Å². The predicted octanol–water partition coefficient (Wildman–Crippen LogP) is 3.15. The Hall–Kier alpha value is -1.69. The van der Waals surface area contributed by atoms with E-state index < -0.39 is 4.92 Å². The summed E-state index contributed by atoms with van der Waals surface area (Å²) < 4.78 is 0.578. The number of carbonyl (C=O) groups is 1. The number of nitro benzene ring substituents is 1. The number of hydrogen-bond acceptors (Lipinski definition) is 3. The molecule has 1 aliphatic rings. The van der Waals surface area contributed by atoms with Crippen LogP contribution in [0, 0.1) is 10.1 Å². The maximum absolute atomic E-state index is 12.3. The zero-order valence-corrected chi connectivity index (χ0v) is 12.0. The Morgan fingerprint density at radius 3 is 2.79 bits per heavy atom. The second-order valence-electron chi connectivity index (χ2n) is 4.47. The Kier molecular flexibility index (Phi) is 3.99. The van der Waals surface area contributed by atoms with Crippen molar-refractivity contribution in [3.05, 3.63) is 50.0 Å². The Bertz CT molecular complexity index is 569. The van der Waals surface area contributed by atoms with E-state index >= 15 is 0 Å². The number of hydrogen-bond donors (Lipinski definition) is 0. The summed E-state index contributed by atoms with van der Waals surface area (Å²) in [5.41, 5.74) is 1.53. The first-order chi connectivity index (χ1) is 8.99. The van der Waals surface area contributed by atoms with Crippen molar-refractivity contribution in [2.75, 3.05) is 13.1 Å². The molecule has 0 aromatic heterocycles. The minimum absolute atomic E-state index is 0.0738. The van der Waals surface area contributed by atoms with Crippen LogP contribution in [0.25, 0.3) is 0 Å². The summed E-state index contributed by atoms with van der Waals surface area (Å²) in [5.74, 6) is -0.181. The van der Waals surface area contributed by atoms with Crippen LogP contribution >= 0.6 is 15.9 Å². The molecule has 0 aliphatic carbocycles. The molecule has 0 spiro atoms. The van der Waals surface area contributed by atoms with Gasteiger partial charge in [-0.05, 0) is 35.3 Å². The molecule has 0 saturated carbocycles. The first kappa shape index (κ1) is 13.7. The van der Waals surface area contributed by atoms with E-state index in [-0.39, 0.29) is 11.6 Å².